The number of carbonyl (C=O) groups is 1. The number of hydrogen-bond acceptors (Lipinski definition) is 8. The highest BCUT2D eigenvalue weighted by Gasteiger charge is 2.65. The summed E-state index contributed by atoms with van der Waals surface area (Å²) in [6.45, 7) is 14.6. The molecule has 1 fully saturated rings. The van der Waals surface area contributed by atoms with Crippen molar-refractivity contribution in [1.29, 1.82) is 0 Å². The Labute approximate surface area is 355 Å². The minimum Gasteiger partial charge on any atom is -0.459 e. The molecule has 60 heavy (non-hydrogen) atoms. The third-order valence-corrected chi connectivity index (χ3v) is 12.6. The van der Waals surface area contributed by atoms with Crippen molar-refractivity contribution in [2.45, 2.75) is 103 Å². The molecule has 0 bridgehead atoms. The first-order valence-corrected chi connectivity index (χ1v) is 21.6. The lowest BCUT2D eigenvalue weighted by Crippen LogP contribution is -2.69. The van der Waals surface area contributed by atoms with Crippen LogP contribution in [0.2, 0.25) is 0 Å². The van der Waals surface area contributed by atoms with Crippen molar-refractivity contribution in [3.8, 4) is 17.2 Å². The Balaban J connectivity index is 1.43. The quantitative estimate of drug-likeness (QED) is 0.0658. The number of aliphatic hydroxyl groups excluding tert-OH is 2. The Kier molecular flexibility index (Phi) is 13.2. The molecule has 6 atom stereocenters. The van der Waals surface area contributed by atoms with Crippen LogP contribution in [0.1, 0.15) is 98.7 Å². The fraction of sp³-hybridized carbons (Fsp3) is 0.451. The molecule has 1 heterocycles. The van der Waals surface area contributed by atoms with Gasteiger partial charge in [0, 0.05) is 43.7 Å². The van der Waals surface area contributed by atoms with Gasteiger partial charge in [-0.1, -0.05) is 66.5 Å². The SMILES string of the molecule is C=CCOC12Oc3ccc(Oc4ccc(C)c(C)c4)cc3C3C(CCCCO)C(CCCCO)C=C(C(=NOC(C)(C)C)CC1N(C)C(=O)c1ccc4ccccc4c1)C32. The van der Waals surface area contributed by atoms with Gasteiger partial charge in [-0.3, -0.25) is 4.79 Å². The summed E-state index contributed by atoms with van der Waals surface area (Å²) in [5.74, 6) is 0.269. The Morgan fingerprint density at radius 3 is 2.35 bits per heavy atom. The minimum atomic E-state index is -1.35. The van der Waals surface area contributed by atoms with Crippen molar-refractivity contribution in [3.63, 3.8) is 0 Å². The molecule has 4 aromatic carbocycles. The van der Waals surface area contributed by atoms with E-state index in [9.17, 15) is 15.0 Å². The van der Waals surface area contributed by atoms with E-state index in [0.29, 0.717) is 36.3 Å². The summed E-state index contributed by atoms with van der Waals surface area (Å²) in [6.07, 6.45) is 9.20. The molecule has 2 aliphatic carbocycles. The number of hydrogen-bond donors (Lipinski definition) is 2. The van der Waals surface area contributed by atoms with E-state index < -0.39 is 23.3 Å². The van der Waals surface area contributed by atoms with E-state index in [-0.39, 0.29) is 43.5 Å². The van der Waals surface area contributed by atoms with Crippen LogP contribution in [0.3, 0.4) is 0 Å². The molecule has 0 spiro atoms. The zero-order valence-corrected chi connectivity index (χ0v) is 36.2. The molecule has 1 aliphatic heterocycles. The molecule has 318 valence electrons. The number of rotatable bonds is 16. The summed E-state index contributed by atoms with van der Waals surface area (Å²) in [5.41, 5.74) is 5.10. The number of ether oxygens (including phenoxy) is 3. The number of benzene rings is 4. The molecule has 2 N–H and O–H groups in total. The van der Waals surface area contributed by atoms with Gasteiger partial charge in [-0.2, -0.15) is 0 Å². The normalized spacial score (nSPS) is 23.9. The Morgan fingerprint density at radius 2 is 1.63 bits per heavy atom. The summed E-state index contributed by atoms with van der Waals surface area (Å²) in [7, 11) is 1.84. The number of carbonyl (C=O) groups excluding carboxylic acids is 1. The molecule has 1 amide bonds. The van der Waals surface area contributed by atoms with Gasteiger partial charge in [0.25, 0.3) is 5.91 Å². The standard InChI is InChI=1S/C51H62N2O7/c1-8-27-57-51-46(53(7)49(56)38-21-20-35-15-9-10-16-36(35)29-38)32-44(52-60-50(4,5)6)42-30-37(17-11-13-25-54)41(18-12-14-26-55)47(48(42)51)43-31-40(23-24-45(43)59-51)58-39-22-19-33(2)34(3)28-39/h8-10,15-16,19-24,28-31,37,41,46-48,54-55H,1,11-14,17-18,25-27,32H2,2-7H3. The van der Waals surface area contributed by atoms with Crippen molar-refractivity contribution in [3.05, 3.63) is 125 Å². The predicted octanol–water partition coefficient (Wildman–Crippen LogP) is 10.5. The molecule has 7 rings (SSSR count). The van der Waals surface area contributed by atoms with Crippen LogP contribution < -0.4 is 9.47 Å². The summed E-state index contributed by atoms with van der Waals surface area (Å²) in [5, 5.41) is 26.9. The molecule has 9 heteroatoms. The van der Waals surface area contributed by atoms with Crippen molar-refractivity contribution in [2.75, 3.05) is 26.9 Å². The average Bonchev–Trinajstić information content (AvgIpc) is 3.23. The summed E-state index contributed by atoms with van der Waals surface area (Å²) >= 11 is 0. The lowest BCUT2D eigenvalue weighted by Gasteiger charge is -2.59. The van der Waals surface area contributed by atoms with Gasteiger partial charge in [-0.25, -0.2) is 0 Å². The van der Waals surface area contributed by atoms with Gasteiger partial charge < -0.3 is 34.2 Å². The Morgan fingerprint density at radius 1 is 0.917 bits per heavy atom. The maximum atomic E-state index is 14.8. The predicted molar refractivity (Wildman–Crippen MR) is 238 cm³/mol. The molecular formula is C51H62N2O7. The van der Waals surface area contributed by atoms with Gasteiger partial charge in [0.1, 0.15) is 28.9 Å². The third kappa shape index (κ3) is 8.90. The van der Waals surface area contributed by atoms with E-state index in [1.807, 2.05) is 88.5 Å². The van der Waals surface area contributed by atoms with Crippen molar-refractivity contribution in [2.24, 2.45) is 22.9 Å². The lowest BCUT2D eigenvalue weighted by atomic mass is 9.55. The first kappa shape index (κ1) is 43.1. The minimum absolute atomic E-state index is 0.0975. The molecule has 1 saturated carbocycles. The molecule has 0 radical (unpaired) electrons. The van der Waals surface area contributed by atoms with E-state index in [0.717, 1.165) is 64.6 Å². The van der Waals surface area contributed by atoms with E-state index in [4.69, 9.17) is 24.2 Å². The van der Waals surface area contributed by atoms with E-state index in [2.05, 4.69) is 44.7 Å². The van der Waals surface area contributed by atoms with Crippen LogP contribution in [-0.4, -0.2) is 71.0 Å². The van der Waals surface area contributed by atoms with E-state index in [1.54, 1.807) is 11.0 Å². The van der Waals surface area contributed by atoms with Crippen LogP contribution in [0.15, 0.2) is 108 Å². The summed E-state index contributed by atoms with van der Waals surface area (Å²) in [6, 6.07) is 25.4. The van der Waals surface area contributed by atoms with Crippen molar-refractivity contribution < 1.29 is 34.1 Å². The zero-order valence-electron chi connectivity index (χ0n) is 36.2. The molecule has 3 aliphatic rings. The molecule has 6 unspecified atom stereocenters. The smallest absolute Gasteiger partial charge is 0.254 e. The Bertz CT molecular complexity index is 2240. The fourth-order valence-electron chi connectivity index (χ4n) is 9.56. The van der Waals surface area contributed by atoms with Crippen LogP contribution in [0.25, 0.3) is 10.8 Å². The van der Waals surface area contributed by atoms with Crippen LogP contribution in [0, 0.1) is 31.6 Å². The number of allylic oxidation sites excluding steroid dienone is 1. The lowest BCUT2D eigenvalue weighted by molar-refractivity contribution is -0.252. The monoisotopic (exact) mass is 814 g/mol. The second kappa shape index (κ2) is 18.3. The number of fused-ring (bicyclic) bond motifs is 3. The number of amides is 1. The first-order valence-electron chi connectivity index (χ1n) is 21.6. The highest BCUT2D eigenvalue weighted by Crippen LogP contribution is 2.62. The third-order valence-electron chi connectivity index (χ3n) is 12.6. The maximum Gasteiger partial charge on any atom is 0.254 e. The van der Waals surface area contributed by atoms with Gasteiger partial charge in [0.05, 0.1) is 18.2 Å². The van der Waals surface area contributed by atoms with Crippen molar-refractivity contribution >= 4 is 22.4 Å². The highest BCUT2D eigenvalue weighted by atomic mass is 16.7. The number of nitrogens with zero attached hydrogens (tertiary/aromatic N) is 2. The first-order chi connectivity index (χ1) is 28.9. The van der Waals surface area contributed by atoms with E-state index in [1.165, 1.54) is 5.56 Å². The molecule has 4 aromatic rings. The number of unbranched alkanes of at least 4 members (excludes halogenated alkanes) is 2. The average molecular weight is 815 g/mol. The second-order valence-corrected chi connectivity index (χ2v) is 17.8. The fourth-order valence-corrected chi connectivity index (χ4v) is 9.56. The molecule has 9 nitrogen and oxygen atoms in total. The molecule has 0 saturated heterocycles. The maximum absolute atomic E-state index is 14.8. The van der Waals surface area contributed by atoms with Crippen LogP contribution >= 0.6 is 0 Å². The van der Waals surface area contributed by atoms with Gasteiger partial charge in [-0.05, 0) is 142 Å². The van der Waals surface area contributed by atoms with Gasteiger partial charge in [0.2, 0.25) is 5.79 Å². The molecule has 0 aromatic heterocycles. The summed E-state index contributed by atoms with van der Waals surface area (Å²) in [4.78, 5) is 22.9. The Hall–Kier alpha value is -4.96. The largest absolute Gasteiger partial charge is 0.459 e. The number of aryl methyl sites for hydroxylation is 2. The van der Waals surface area contributed by atoms with Gasteiger partial charge in [0.15, 0.2) is 0 Å². The summed E-state index contributed by atoms with van der Waals surface area (Å²) < 4.78 is 21.0. The second-order valence-electron chi connectivity index (χ2n) is 17.8. The van der Waals surface area contributed by atoms with Crippen LogP contribution in [0.5, 0.6) is 17.2 Å². The zero-order chi connectivity index (χ0) is 42.6. The topological polar surface area (TPSA) is 110 Å². The van der Waals surface area contributed by atoms with Crippen LogP contribution in [0.4, 0.5) is 0 Å². The van der Waals surface area contributed by atoms with Gasteiger partial charge >= 0.3 is 0 Å². The molecular weight excluding hydrogens is 753 g/mol. The van der Waals surface area contributed by atoms with Crippen LogP contribution in [-0.2, 0) is 9.57 Å². The number of likely N-dealkylation sites (N-methyl/N-ethyl adjacent to an activating group) is 1. The highest BCUT2D eigenvalue weighted by molar-refractivity contribution is 6.04. The van der Waals surface area contributed by atoms with E-state index >= 15 is 0 Å². The number of oxime groups is 1. The van der Waals surface area contributed by atoms with Crippen molar-refractivity contribution in [1.82, 2.24) is 4.90 Å². The van der Waals surface area contributed by atoms with Gasteiger partial charge in [-0.15, -0.1) is 6.58 Å². The number of aliphatic hydroxyl groups is 2.